The summed E-state index contributed by atoms with van der Waals surface area (Å²) in [5.74, 6) is -0.182. The highest BCUT2D eigenvalue weighted by molar-refractivity contribution is 7.15. The van der Waals surface area contributed by atoms with Gasteiger partial charge in [-0.1, -0.05) is 17.4 Å². The number of rotatable bonds is 2. The number of aromatic nitrogens is 3. The molecule has 23 heavy (non-hydrogen) atoms. The number of amides is 1. The van der Waals surface area contributed by atoms with Crippen molar-refractivity contribution in [1.29, 1.82) is 0 Å². The molecule has 0 radical (unpaired) electrons. The molecule has 0 saturated carbocycles. The van der Waals surface area contributed by atoms with E-state index in [0.717, 1.165) is 0 Å². The topological polar surface area (TPSA) is 62.2 Å². The van der Waals surface area contributed by atoms with Crippen molar-refractivity contribution >= 4 is 22.4 Å². The quantitative estimate of drug-likeness (QED) is 0.834. The molecule has 10 heteroatoms. The molecule has 6 nitrogen and oxygen atoms in total. The van der Waals surface area contributed by atoms with Crippen LogP contribution in [0.2, 0.25) is 0 Å². The van der Waals surface area contributed by atoms with E-state index >= 15 is 0 Å². The lowest BCUT2D eigenvalue weighted by atomic mass is 10.2. The van der Waals surface area contributed by atoms with Crippen molar-refractivity contribution in [3.05, 3.63) is 35.1 Å². The highest BCUT2D eigenvalue weighted by Crippen LogP contribution is 2.34. The van der Waals surface area contributed by atoms with Crippen LogP contribution in [0, 0.1) is 0 Å². The highest BCUT2D eigenvalue weighted by atomic mass is 32.1. The first kappa shape index (κ1) is 15.7. The fourth-order valence-corrected chi connectivity index (χ4v) is 2.97. The summed E-state index contributed by atoms with van der Waals surface area (Å²) in [6, 6.07) is 5.09. The van der Waals surface area contributed by atoms with Gasteiger partial charge in [-0.3, -0.25) is 9.78 Å². The minimum Gasteiger partial charge on any atom is -0.343 e. The van der Waals surface area contributed by atoms with Gasteiger partial charge in [0.25, 0.3) is 5.91 Å². The first-order valence-corrected chi connectivity index (χ1v) is 7.63. The van der Waals surface area contributed by atoms with Crippen LogP contribution < -0.4 is 4.90 Å². The van der Waals surface area contributed by atoms with Crippen LogP contribution in [0.3, 0.4) is 0 Å². The number of carbonyl (C=O) groups excluding carboxylic acids is 1. The van der Waals surface area contributed by atoms with Crippen LogP contribution in [0.4, 0.5) is 18.3 Å². The predicted molar refractivity (Wildman–Crippen MR) is 77.3 cm³/mol. The molecule has 0 atom stereocenters. The van der Waals surface area contributed by atoms with E-state index in [1.165, 1.54) is 0 Å². The Hall–Kier alpha value is -2.23. The van der Waals surface area contributed by atoms with Gasteiger partial charge < -0.3 is 9.80 Å². The molecule has 1 fully saturated rings. The molecule has 3 rings (SSSR count). The van der Waals surface area contributed by atoms with Crippen molar-refractivity contribution in [3.8, 4) is 0 Å². The molecule has 0 spiro atoms. The Labute approximate surface area is 133 Å². The van der Waals surface area contributed by atoms with Gasteiger partial charge in [0.05, 0.1) is 0 Å². The van der Waals surface area contributed by atoms with Gasteiger partial charge in [-0.25, -0.2) is 0 Å². The average Bonchev–Trinajstić information content (AvgIpc) is 3.05. The van der Waals surface area contributed by atoms with Gasteiger partial charge in [0, 0.05) is 32.4 Å². The molecule has 122 valence electrons. The lowest BCUT2D eigenvalue weighted by Crippen LogP contribution is -2.49. The summed E-state index contributed by atoms with van der Waals surface area (Å²) in [7, 11) is 0. The molecule has 2 aromatic heterocycles. The van der Waals surface area contributed by atoms with E-state index in [0.29, 0.717) is 43.2 Å². The van der Waals surface area contributed by atoms with Crippen molar-refractivity contribution in [1.82, 2.24) is 20.1 Å². The van der Waals surface area contributed by atoms with Gasteiger partial charge in [-0.2, -0.15) is 13.2 Å². The first-order chi connectivity index (χ1) is 10.9. The summed E-state index contributed by atoms with van der Waals surface area (Å²) in [5.41, 5.74) is 0.358. The molecule has 2 aromatic rings. The van der Waals surface area contributed by atoms with Crippen LogP contribution in [0.5, 0.6) is 0 Å². The van der Waals surface area contributed by atoms with E-state index in [-0.39, 0.29) is 11.0 Å². The Morgan fingerprint density at radius 3 is 2.43 bits per heavy atom. The molecule has 1 saturated heterocycles. The van der Waals surface area contributed by atoms with E-state index < -0.39 is 11.2 Å². The number of alkyl halides is 3. The highest BCUT2D eigenvalue weighted by Gasteiger charge is 2.36. The summed E-state index contributed by atoms with van der Waals surface area (Å²) in [4.78, 5) is 19.6. The van der Waals surface area contributed by atoms with Crippen LogP contribution in [0.15, 0.2) is 24.4 Å². The van der Waals surface area contributed by atoms with Crippen LogP contribution >= 0.6 is 11.3 Å². The van der Waals surface area contributed by atoms with Crippen molar-refractivity contribution < 1.29 is 18.0 Å². The van der Waals surface area contributed by atoms with E-state index in [4.69, 9.17) is 0 Å². The molecule has 0 N–H and O–H groups in total. The molecule has 0 aliphatic carbocycles. The Kier molecular flexibility index (Phi) is 4.16. The van der Waals surface area contributed by atoms with E-state index in [1.807, 2.05) is 0 Å². The summed E-state index contributed by atoms with van der Waals surface area (Å²) in [6.07, 6.45) is -2.93. The molecular formula is C13H12F3N5OS. The largest absolute Gasteiger partial charge is 0.445 e. The number of pyridine rings is 1. The van der Waals surface area contributed by atoms with Crippen molar-refractivity contribution in [2.24, 2.45) is 0 Å². The van der Waals surface area contributed by atoms with E-state index in [1.54, 1.807) is 34.2 Å². The summed E-state index contributed by atoms with van der Waals surface area (Å²) < 4.78 is 37.7. The zero-order valence-electron chi connectivity index (χ0n) is 11.8. The Morgan fingerprint density at radius 1 is 1.13 bits per heavy atom. The number of halogens is 3. The standard InChI is InChI=1S/C13H12F3N5OS/c14-13(15,16)11-18-19-12(23-11)21-7-5-20(6-8-21)10(22)9-3-1-2-4-17-9/h1-4H,5-8H2. The van der Waals surface area contributed by atoms with Crippen LogP contribution in [0.1, 0.15) is 15.5 Å². The number of nitrogens with zero attached hydrogens (tertiary/aromatic N) is 5. The number of hydrogen-bond acceptors (Lipinski definition) is 6. The van der Waals surface area contributed by atoms with Gasteiger partial charge >= 0.3 is 6.18 Å². The lowest BCUT2D eigenvalue weighted by molar-refractivity contribution is -0.138. The Morgan fingerprint density at radius 2 is 1.87 bits per heavy atom. The molecule has 1 aliphatic heterocycles. The molecular weight excluding hydrogens is 331 g/mol. The van der Waals surface area contributed by atoms with Gasteiger partial charge in [0.15, 0.2) is 0 Å². The third kappa shape index (κ3) is 3.41. The summed E-state index contributed by atoms with van der Waals surface area (Å²) in [6.45, 7) is 1.61. The second-order valence-electron chi connectivity index (χ2n) is 4.88. The maximum absolute atomic E-state index is 12.6. The van der Waals surface area contributed by atoms with Gasteiger partial charge in [0.2, 0.25) is 10.1 Å². The first-order valence-electron chi connectivity index (χ1n) is 6.81. The summed E-state index contributed by atoms with van der Waals surface area (Å²) >= 11 is 0.515. The number of piperazine rings is 1. The SMILES string of the molecule is O=C(c1ccccn1)N1CCN(c2nnc(C(F)(F)F)s2)CC1. The number of carbonyl (C=O) groups is 1. The molecule has 1 amide bonds. The van der Waals surface area contributed by atoms with Gasteiger partial charge in [-0.15, -0.1) is 10.2 Å². The molecule has 0 bridgehead atoms. The maximum Gasteiger partial charge on any atom is 0.445 e. The van der Waals surface area contributed by atoms with Gasteiger partial charge in [-0.05, 0) is 12.1 Å². The maximum atomic E-state index is 12.6. The number of anilines is 1. The number of hydrogen-bond donors (Lipinski definition) is 0. The van der Waals surface area contributed by atoms with Crippen molar-refractivity contribution in [3.63, 3.8) is 0 Å². The van der Waals surface area contributed by atoms with Crippen LogP contribution in [-0.2, 0) is 6.18 Å². The lowest BCUT2D eigenvalue weighted by Gasteiger charge is -2.34. The Bertz CT molecular complexity index is 682. The second-order valence-corrected chi connectivity index (χ2v) is 5.84. The fourth-order valence-electron chi connectivity index (χ4n) is 2.21. The molecule has 0 unspecified atom stereocenters. The molecule has 1 aliphatic rings. The second kappa shape index (κ2) is 6.11. The normalized spacial score (nSPS) is 15.8. The van der Waals surface area contributed by atoms with Crippen molar-refractivity contribution in [2.45, 2.75) is 6.18 Å². The monoisotopic (exact) mass is 343 g/mol. The minimum atomic E-state index is -4.48. The third-order valence-electron chi connectivity index (χ3n) is 3.38. The van der Waals surface area contributed by atoms with Crippen LogP contribution in [-0.4, -0.2) is 52.2 Å². The summed E-state index contributed by atoms with van der Waals surface area (Å²) in [5, 5.41) is 6.03. The van der Waals surface area contributed by atoms with Crippen molar-refractivity contribution in [2.75, 3.05) is 31.1 Å². The van der Waals surface area contributed by atoms with Crippen LogP contribution in [0.25, 0.3) is 0 Å². The third-order valence-corrected chi connectivity index (χ3v) is 4.41. The molecule has 3 heterocycles. The zero-order valence-corrected chi connectivity index (χ0v) is 12.6. The fraction of sp³-hybridized carbons (Fsp3) is 0.385. The predicted octanol–water partition coefficient (Wildman–Crippen LogP) is 1.91. The van der Waals surface area contributed by atoms with E-state index in [2.05, 4.69) is 15.2 Å². The molecule has 0 aromatic carbocycles. The minimum absolute atomic E-state index is 0.182. The smallest absolute Gasteiger partial charge is 0.343 e. The van der Waals surface area contributed by atoms with Gasteiger partial charge in [0.1, 0.15) is 5.69 Å². The Balaban J connectivity index is 1.62. The zero-order chi connectivity index (χ0) is 16.4. The average molecular weight is 343 g/mol. The van der Waals surface area contributed by atoms with E-state index in [9.17, 15) is 18.0 Å².